The summed E-state index contributed by atoms with van der Waals surface area (Å²) in [5, 5.41) is 4.42. The summed E-state index contributed by atoms with van der Waals surface area (Å²) >= 11 is 0. The van der Waals surface area contributed by atoms with E-state index in [0.29, 0.717) is 25.2 Å². The van der Waals surface area contributed by atoms with Gasteiger partial charge >= 0.3 is 0 Å². The number of benzene rings is 2. The predicted octanol–water partition coefficient (Wildman–Crippen LogP) is 3.82. The fourth-order valence-electron chi connectivity index (χ4n) is 3.89. The van der Waals surface area contributed by atoms with Gasteiger partial charge in [-0.15, -0.1) is 0 Å². The van der Waals surface area contributed by atoms with E-state index in [2.05, 4.69) is 46.4 Å². The first-order chi connectivity index (χ1) is 15.1. The second-order valence-corrected chi connectivity index (χ2v) is 8.29. The summed E-state index contributed by atoms with van der Waals surface area (Å²) in [6, 6.07) is 18.5. The highest BCUT2D eigenvalue weighted by molar-refractivity contribution is 5.93. The van der Waals surface area contributed by atoms with E-state index in [0.717, 1.165) is 36.3 Å². The molecule has 0 spiro atoms. The average Bonchev–Trinajstić information content (AvgIpc) is 3.46. The summed E-state index contributed by atoms with van der Waals surface area (Å²) in [6.07, 6.45) is 5.66. The summed E-state index contributed by atoms with van der Waals surface area (Å²) < 4.78 is 7.64. The van der Waals surface area contributed by atoms with Crippen molar-refractivity contribution in [3.63, 3.8) is 0 Å². The molecule has 2 aromatic carbocycles. The van der Waals surface area contributed by atoms with Crippen molar-refractivity contribution < 1.29 is 9.53 Å². The van der Waals surface area contributed by atoms with Gasteiger partial charge in [0.1, 0.15) is 0 Å². The minimum atomic E-state index is -0.00787. The molecule has 0 bridgehead atoms. The largest absolute Gasteiger partial charge is 0.378 e. The van der Waals surface area contributed by atoms with Crippen molar-refractivity contribution in [3.05, 3.63) is 83.7 Å². The van der Waals surface area contributed by atoms with Gasteiger partial charge in [0.2, 0.25) is 0 Å². The molecule has 31 heavy (non-hydrogen) atoms. The molecule has 1 atom stereocenters. The minimum Gasteiger partial charge on any atom is -0.378 e. The van der Waals surface area contributed by atoms with Crippen LogP contribution >= 0.6 is 0 Å². The average molecular weight is 419 g/mol. The summed E-state index contributed by atoms with van der Waals surface area (Å²) in [5.41, 5.74) is 4.01. The lowest BCUT2D eigenvalue weighted by atomic mass is 10.1. The van der Waals surface area contributed by atoms with Gasteiger partial charge in [0.05, 0.1) is 24.4 Å². The molecule has 2 heterocycles. The van der Waals surface area contributed by atoms with Crippen molar-refractivity contribution in [2.75, 3.05) is 32.1 Å². The Balaban J connectivity index is 1.49. The number of ether oxygens (including phenoxy) is 1. The number of nitrogens with zero attached hydrogens (tertiary/aromatic N) is 4. The van der Waals surface area contributed by atoms with E-state index in [4.69, 9.17) is 4.74 Å². The Bertz CT molecular complexity index is 976. The van der Waals surface area contributed by atoms with Gasteiger partial charge in [-0.25, -0.2) is 0 Å². The monoisotopic (exact) mass is 418 g/mol. The summed E-state index contributed by atoms with van der Waals surface area (Å²) in [4.78, 5) is 17.3. The first-order valence-corrected chi connectivity index (χ1v) is 10.8. The van der Waals surface area contributed by atoms with Crippen molar-refractivity contribution >= 4 is 11.6 Å². The van der Waals surface area contributed by atoms with Gasteiger partial charge in [0, 0.05) is 45.7 Å². The zero-order valence-corrected chi connectivity index (χ0v) is 18.3. The van der Waals surface area contributed by atoms with E-state index in [1.807, 2.05) is 48.1 Å². The Morgan fingerprint density at radius 3 is 2.55 bits per heavy atom. The first kappa shape index (κ1) is 21.1. The maximum absolute atomic E-state index is 13.4. The maximum atomic E-state index is 13.4. The van der Waals surface area contributed by atoms with Gasteiger partial charge in [-0.2, -0.15) is 5.10 Å². The van der Waals surface area contributed by atoms with Gasteiger partial charge in [-0.3, -0.25) is 9.48 Å². The molecule has 4 rings (SSSR count). The normalized spacial score (nSPS) is 15.7. The molecule has 1 aliphatic rings. The van der Waals surface area contributed by atoms with Gasteiger partial charge in [0.25, 0.3) is 5.91 Å². The van der Waals surface area contributed by atoms with Crippen LogP contribution < -0.4 is 4.90 Å². The highest BCUT2D eigenvalue weighted by Crippen LogP contribution is 2.19. The van der Waals surface area contributed by atoms with E-state index in [9.17, 15) is 4.79 Å². The molecule has 6 heteroatoms. The molecule has 0 saturated carbocycles. The Morgan fingerprint density at radius 2 is 1.87 bits per heavy atom. The lowest BCUT2D eigenvalue weighted by molar-refractivity contribution is 0.0507. The highest BCUT2D eigenvalue weighted by Gasteiger charge is 2.24. The molecule has 1 aromatic heterocycles. The number of rotatable bonds is 8. The van der Waals surface area contributed by atoms with Crippen LogP contribution in [0.5, 0.6) is 0 Å². The Labute approximate surface area is 184 Å². The second-order valence-electron chi connectivity index (χ2n) is 8.29. The Hall–Kier alpha value is -3.12. The maximum Gasteiger partial charge on any atom is 0.257 e. The molecule has 0 N–H and O–H groups in total. The zero-order valence-electron chi connectivity index (χ0n) is 18.3. The zero-order chi connectivity index (χ0) is 21.6. The van der Waals surface area contributed by atoms with E-state index in [1.165, 1.54) is 0 Å². The van der Waals surface area contributed by atoms with E-state index in [1.54, 1.807) is 6.20 Å². The van der Waals surface area contributed by atoms with Crippen LogP contribution in [0.1, 0.15) is 34.3 Å². The number of carbonyl (C=O) groups is 1. The molecule has 1 amide bonds. The minimum absolute atomic E-state index is 0.00787. The third kappa shape index (κ3) is 5.52. The molecular formula is C25H30N4O2. The Kier molecular flexibility index (Phi) is 6.67. The van der Waals surface area contributed by atoms with Gasteiger partial charge < -0.3 is 14.5 Å². The van der Waals surface area contributed by atoms with Crippen LogP contribution in [0.25, 0.3) is 0 Å². The van der Waals surface area contributed by atoms with Crippen molar-refractivity contribution in [2.24, 2.45) is 0 Å². The first-order valence-electron chi connectivity index (χ1n) is 10.8. The lowest BCUT2D eigenvalue weighted by Crippen LogP contribution is -2.36. The highest BCUT2D eigenvalue weighted by atomic mass is 16.5. The third-order valence-electron chi connectivity index (χ3n) is 5.63. The quantitative estimate of drug-likeness (QED) is 0.558. The number of aromatic nitrogens is 2. The predicted molar refractivity (Wildman–Crippen MR) is 122 cm³/mol. The summed E-state index contributed by atoms with van der Waals surface area (Å²) in [7, 11) is 4.05. The van der Waals surface area contributed by atoms with Crippen molar-refractivity contribution in [2.45, 2.75) is 32.0 Å². The molecule has 1 unspecified atom stereocenters. The summed E-state index contributed by atoms with van der Waals surface area (Å²) in [5.74, 6) is -0.00787. The van der Waals surface area contributed by atoms with Crippen LogP contribution in [0.2, 0.25) is 0 Å². The van der Waals surface area contributed by atoms with E-state index < -0.39 is 0 Å². The topological polar surface area (TPSA) is 50.6 Å². The third-order valence-corrected chi connectivity index (χ3v) is 5.63. The lowest BCUT2D eigenvalue weighted by Gasteiger charge is -2.25. The standard InChI is InChI=1S/C25H30N4O2/c1-27(2)23-12-10-21(11-13-23)16-28(19-24-9-6-14-31-24)25(30)22-15-26-29(18-22)17-20-7-4-3-5-8-20/h3-5,7-8,10-13,15,18,24H,6,9,14,16-17,19H2,1-2H3. The number of anilines is 1. The molecule has 1 fully saturated rings. The summed E-state index contributed by atoms with van der Waals surface area (Å²) in [6.45, 7) is 2.57. The fourth-order valence-corrected chi connectivity index (χ4v) is 3.89. The molecule has 1 aliphatic heterocycles. The molecule has 1 saturated heterocycles. The smallest absolute Gasteiger partial charge is 0.257 e. The van der Waals surface area contributed by atoms with E-state index >= 15 is 0 Å². The Morgan fingerprint density at radius 1 is 1.10 bits per heavy atom. The molecule has 0 aliphatic carbocycles. The number of amides is 1. The van der Waals surface area contributed by atoms with Gasteiger partial charge in [0.15, 0.2) is 0 Å². The second kappa shape index (κ2) is 9.79. The number of carbonyl (C=O) groups excluding carboxylic acids is 1. The van der Waals surface area contributed by atoms with Crippen molar-refractivity contribution in [1.82, 2.24) is 14.7 Å². The molecular weight excluding hydrogens is 388 g/mol. The van der Waals surface area contributed by atoms with E-state index in [-0.39, 0.29) is 12.0 Å². The number of hydrogen-bond donors (Lipinski definition) is 0. The molecule has 6 nitrogen and oxygen atoms in total. The van der Waals surface area contributed by atoms with Crippen molar-refractivity contribution in [1.29, 1.82) is 0 Å². The number of hydrogen-bond acceptors (Lipinski definition) is 4. The van der Waals surface area contributed by atoms with Crippen LogP contribution in [0.4, 0.5) is 5.69 Å². The van der Waals surface area contributed by atoms with Crippen LogP contribution in [-0.2, 0) is 17.8 Å². The van der Waals surface area contributed by atoms with Crippen LogP contribution in [0, 0.1) is 0 Å². The molecule has 3 aromatic rings. The SMILES string of the molecule is CN(C)c1ccc(CN(CC2CCCO2)C(=O)c2cnn(Cc3ccccc3)c2)cc1. The van der Waals surface area contributed by atoms with Crippen molar-refractivity contribution in [3.8, 4) is 0 Å². The van der Waals surface area contributed by atoms with Gasteiger partial charge in [-0.1, -0.05) is 42.5 Å². The van der Waals surface area contributed by atoms with Crippen LogP contribution in [0.3, 0.4) is 0 Å². The van der Waals surface area contributed by atoms with Crippen LogP contribution in [0.15, 0.2) is 67.0 Å². The fraction of sp³-hybridized carbons (Fsp3) is 0.360. The van der Waals surface area contributed by atoms with Gasteiger partial charge in [-0.05, 0) is 36.1 Å². The van der Waals surface area contributed by atoms with Crippen LogP contribution in [-0.4, -0.2) is 53.9 Å². The molecule has 162 valence electrons. The molecule has 0 radical (unpaired) electrons.